The smallest absolute Gasteiger partial charge is 0.235 e. The summed E-state index contributed by atoms with van der Waals surface area (Å²) in [5.74, 6) is -0.589. The standard InChI is InChI=1S/C15H16BrN3O3S/c16-14-6-2-1-5-13(14)11-23(21,22)19-10-15(20)18-9-12-4-3-7-17-8-12/h1-8,19H,9-11H2,(H,18,20). The van der Waals surface area contributed by atoms with Crippen LogP contribution in [0.1, 0.15) is 11.1 Å². The molecule has 0 radical (unpaired) electrons. The summed E-state index contributed by atoms with van der Waals surface area (Å²) in [6, 6.07) is 10.6. The van der Waals surface area contributed by atoms with E-state index in [4.69, 9.17) is 0 Å². The maximum atomic E-state index is 12.0. The number of nitrogens with zero attached hydrogens (tertiary/aromatic N) is 1. The number of pyridine rings is 1. The summed E-state index contributed by atoms with van der Waals surface area (Å²) in [5, 5.41) is 2.63. The van der Waals surface area contributed by atoms with E-state index in [-0.39, 0.29) is 12.3 Å². The van der Waals surface area contributed by atoms with Gasteiger partial charge in [-0.15, -0.1) is 0 Å². The molecule has 122 valence electrons. The molecule has 2 rings (SSSR count). The Labute approximate surface area is 143 Å². The van der Waals surface area contributed by atoms with Crippen molar-refractivity contribution in [2.75, 3.05) is 6.54 Å². The topological polar surface area (TPSA) is 88.2 Å². The zero-order valence-electron chi connectivity index (χ0n) is 12.2. The van der Waals surface area contributed by atoms with E-state index in [0.29, 0.717) is 16.6 Å². The van der Waals surface area contributed by atoms with E-state index < -0.39 is 15.9 Å². The second kappa shape index (κ2) is 8.19. The molecule has 23 heavy (non-hydrogen) atoms. The molecule has 1 amide bonds. The molecule has 0 fully saturated rings. The lowest BCUT2D eigenvalue weighted by Crippen LogP contribution is -2.37. The largest absolute Gasteiger partial charge is 0.351 e. The average Bonchev–Trinajstić information content (AvgIpc) is 2.54. The number of hydrogen-bond donors (Lipinski definition) is 2. The van der Waals surface area contributed by atoms with Gasteiger partial charge in [0.15, 0.2) is 0 Å². The van der Waals surface area contributed by atoms with Gasteiger partial charge in [-0.25, -0.2) is 13.1 Å². The van der Waals surface area contributed by atoms with Crippen LogP contribution in [0, 0.1) is 0 Å². The zero-order chi connectivity index (χ0) is 16.7. The molecule has 2 aromatic rings. The van der Waals surface area contributed by atoms with Crippen LogP contribution in [0.3, 0.4) is 0 Å². The molecule has 0 bridgehead atoms. The Bertz CT molecular complexity index is 767. The molecule has 8 heteroatoms. The van der Waals surface area contributed by atoms with Crippen LogP contribution in [0.25, 0.3) is 0 Å². The van der Waals surface area contributed by atoms with Crippen LogP contribution in [-0.2, 0) is 27.1 Å². The van der Waals surface area contributed by atoms with Gasteiger partial charge in [-0.3, -0.25) is 9.78 Å². The Morgan fingerprint density at radius 3 is 2.65 bits per heavy atom. The van der Waals surface area contributed by atoms with Crippen molar-refractivity contribution in [1.82, 2.24) is 15.0 Å². The lowest BCUT2D eigenvalue weighted by Gasteiger charge is -2.09. The molecule has 1 aromatic carbocycles. The number of benzene rings is 1. The first-order chi connectivity index (χ1) is 11.0. The predicted octanol–water partition coefficient (Wildman–Crippen LogP) is 1.58. The van der Waals surface area contributed by atoms with Crippen molar-refractivity contribution in [3.05, 3.63) is 64.4 Å². The summed E-state index contributed by atoms with van der Waals surface area (Å²) >= 11 is 3.30. The molecule has 0 spiro atoms. The molecule has 1 aromatic heterocycles. The average molecular weight is 398 g/mol. The highest BCUT2D eigenvalue weighted by Gasteiger charge is 2.14. The van der Waals surface area contributed by atoms with Crippen LogP contribution < -0.4 is 10.0 Å². The van der Waals surface area contributed by atoms with E-state index in [1.807, 2.05) is 6.07 Å². The quantitative estimate of drug-likeness (QED) is 0.742. The van der Waals surface area contributed by atoms with Crippen molar-refractivity contribution < 1.29 is 13.2 Å². The third-order valence-electron chi connectivity index (χ3n) is 2.97. The monoisotopic (exact) mass is 397 g/mol. The van der Waals surface area contributed by atoms with Gasteiger partial charge in [0.25, 0.3) is 0 Å². The van der Waals surface area contributed by atoms with Gasteiger partial charge in [0.05, 0.1) is 12.3 Å². The van der Waals surface area contributed by atoms with Crippen LogP contribution in [0.4, 0.5) is 0 Å². The van der Waals surface area contributed by atoms with Crippen molar-refractivity contribution in [2.24, 2.45) is 0 Å². The Kier molecular flexibility index (Phi) is 6.26. The molecule has 0 aliphatic heterocycles. The fourth-order valence-corrected chi connectivity index (χ4v) is 3.54. The van der Waals surface area contributed by atoms with Gasteiger partial charge in [0.2, 0.25) is 15.9 Å². The molecule has 0 atom stereocenters. The first-order valence-corrected chi connectivity index (χ1v) is 9.27. The summed E-state index contributed by atoms with van der Waals surface area (Å²) in [7, 11) is -3.59. The van der Waals surface area contributed by atoms with Crippen LogP contribution in [-0.4, -0.2) is 25.9 Å². The molecular formula is C15H16BrN3O3S. The first kappa shape index (κ1) is 17.6. The van der Waals surface area contributed by atoms with Crippen LogP contribution in [0.15, 0.2) is 53.3 Å². The van der Waals surface area contributed by atoms with E-state index in [0.717, 1.165) is 5.56 Å². The highest BCUT2D eigenvalue weighted by Crippen LogP contribution is 2.17. The Morgan fingerprint density at radius 1 is 1.17 bits per heavy atom. The van der Waals surface area contributed by atoms with E-state index in [1.54, 1.807) is 42.7 Å². The van der Waals surface area contributed by atoms with Crippen LogP contribution in [0.5, 0.6) is 0 Å². The number of amides is 1. The Morgan fingerprint density at radius 2 is 1.96 bits per heavy atom. The maximum absolute atomic E-state index is 12.0. The van der Waals surface area contributed by atoms with E-state index in [1.165, 1.54) is 0 Å². The molecule has 0 saturated heterocycles. The van der Waals surface area contributed by atoms with E-state index in [9.17, 15) is 13.2 Å². The number of carbonyl (C=O) groups is 1. The fourth-order valence-electron chi connectivity index (χ4n) is 1.81. The van der Waals surface area contributed by atoms with Crippen molar-refractivity contribution in [1.29, 1.82) is 0 Å². The second-order valence-corrected chi connectivity index (χ2v) is 7.47. The SMILES string of the molecule is O=C(CNS(=O)(=O)Cc1ccccc1Br)NCc1cccnc1. The van der Waals surface area contributed by atoms with Crippen molar-refractivity contribution >= 4 is 31.9 Å². The van der Waals surface area contributed by atoms with Gasteiger partial charge in [-0.1, -0.05) is 40.2 Å². The molecule has 0 unspecified atom stereocenters. The third kappa shape index (κ3) is 6.09. The molecule has 0 aliphatic rings. The molecule has 2 N–H and O–H groups in total. The summed E-state index contributed by atoms with van der Waals surface area (Å²) in [5.41, 5.74) is 1.48. The molecule has 6 nitrogen and oxygen atoms in total. The normalized spacial score (nSPS) is 11.2. The number of carbonyl (C=O) groups excluding carboxylic acids is 1. The maximum Gasteiger partial charge on any atom is 0.235 e. The van der Waals surface area contributed by atoms with Gasteiger partial charge in [-0.05, 0) is 23.3 Å². The minimum atomic E-state index is -3.59. The predicted molar refractivity (Wildman–Crippen MR) is 90.9 cm³/mol. The summed E-state index contributed by atoms with van der Waals surface area (Å²) in [6.07, 6.45) is 3.28. The van der Waals surface area contributed by atoms with Crippen LogP contribution in [0.2, 0.25) is 0 Å². The van der Waals surface area contributed by atoms with Gasteiger partial charge >= 0.3 is 0 Å². The third-order valence-corrected chi connectivity index (χ3v) is 5.02. The number of aromatic nitrogens is 1. The summed E-state index contributed by atoms with van der Waals surface area (Å²) in [6.45, 7) is 0.00564. The molecule has 0 saturated carbocycles. The minimum Gasteiger partial charge on any atom is -0.351 e. The van der Waals surface area contributed by atoms with Crippen LogP contribution >= 0.6 is 15.9 Å². The number of sulfonamides is 1. The minimum absolute atomic E-state index is 0.190. The van der Waals surface area contributed by atoms with Gasteiger partial charge < -0.3 is 5.32 Å². The fraction of sp³-hybridized carbons (Fsp3) is 0.200. The number of hydrogen-bond acceptors (Lipinski definition) is 4. The highest BCUT2D eigenvalue weighted by atomic mass is 79.9. The number of halogens is 1. The molecule has 0 aliphatic carbocycles. The number of rotatable bonds is 7. The Hall–Kier alpha value is -1.77. The Balaban J connectivity index is 1.82. The first-order valence-electron chi connectivity index (χ1n) is 6.82. The van der Waals surface area contributed by atoms with E-state index in [2.05, 4.69) is 31.0 Å². The van der Waals surface area contributed by atoms with E-state index >= 15 is 0 Å². The lowest BCUT2D eigenvalue weighted by atomic mass is 10.2. The van der Waals surface area contributed by atoms with Gasteiger partial charge in [0.1, 0.15) is 0 Å². The lowest BCUT2D eigenvalue weighted by molar-refractivity contribution is -0.120. The number of nitrogens with one attached hydrogen (secondary N) is 2. The van der Waals surface area contributed by atoms with Crippen molar-refractivity contribution in [2.45, 2.75) is 12.3 Å². The highest BCUT2D eigenvalue weighted by molar-refractivity contribution is 9.10. The summed E-state index contributed by atoms with van der Waals surface area (Å²) < 4.78 is 27.0. The second-order valence-electron chi connectivity index (χ2n) is 4.81. The molecular weight excluding hydrogens is 382 g/mol. The van der Waals surface area contributed by atoms with Crippen molar-refractivity contribution in [3.63, 3.8) is 0 Å². The zero-order valence-corrected chi connectivity index (χ0v) is 14.6. The van der Waals surface area contributed by atoms with Gasteiger partial charge in [-0.2, -0.15) is 0 Å². The van der Waals surface area contributed by atoms with Crippen molar-refractivity contribution in [3.8, 4) is 0 Å². The summed E-state index contributed by atoms with van der Waals surface area (Å²) in [4.78, 5) is 15.7. The molecule has 1 heterocycles. The van der Waals surface area contributed by atoms with Gasteiger partial charge in [0, 0.05) is 23.4 Å².